The number of amides is 1. The maximum atomic E-state index is 11.5. The Kier molecular flexibility index (Phi) is 2.45. The molecule has 74 valence electrons. The summed E-state index contributed by atoms with van der Waals surface area (Å²) >= 11 is 0. The number of rotatable bonds is 1. The van der Waals surface area contributed by atoms with Gasteiger partial charge in [-0.2, -0.15) is 0 Å². The van der Waals surface area contributed by atoms with Crippen LogP contribution in [-0.2, 0) is 4.79 Å². The molecule has 2 rings (SSSR count). The maximum absolute atomic E-state index is 11.5. The van der Waals surface area contributed by atoms with Gasteiger partial charge in [-0.15, -0.1) is 0 Å². The van der Waals surface area contributed by atoms with Gasteiger partial charge < -0.3 is 10.6 Å². The molecule has 1 aliphatic heterocycles. The molecule has 1 amide bonds. The van der Waals surface area contributed by atoms with E-state index in [1.807, 2.05) is 13.0 Å². The maximum Gasteiger partial charge on any atom is 0.241 e. The first kappa shape index (κ1) is 9.15. The van der Waals surface area contributed by atoms with Gasteiger partial charge in [-0.3, -0.25) is 9.78 Å². The number of hydrogen-bond donors (Lipinski definition) is 2. The van der Waals surface area contributed by atoms with Crippen molar-refractivity contribution in [2.75, 3.05) is 13.1 Å². The van der Waals surface area contributed by atoms with Gasteiger partial charge in [0, 0.05) is 25.5 Å². The average molecular weight is 191 g/mol. The Morgan fingerprint density at radius 2 is 2.36 bits per heavy atom. The van der Waals surface area contributed by atoms with Crippen molar-refractivity contribution in [1.82, 2.24) is 15.6 Å². The van der Waals surface area contributed by atoms with Gasteiger partial charge in [-0.05, 0) is 24.1 Å². The molecule has 4 nitrogen and oxygen atoms in total. The lowest BCUT2D eigenvalue weighted by molar-refractivity contribution is -0.124. The Bertz CT molecular complexity index is 351. The first-order chi connectivity index (χ1) is 6.79. The molecule has 1 aromatic heterocycles. The summed E-state index contributed by atoms with van der Waals surface area (Å²) in [6.07, 6.45) is 3.48. The van der Waals surface area contributed by atoms with E-state index in [1.165, 1.54) is 0 Å². The zero-order valence-corrected chi connectivity index (χ0v) is 8.08. The van der Waals surface area contributed by atoms with E-state index in [0.717, 1.165) is 17.7 Å². The molecule has 0 bridgehead atoms. The minimum absolute atomic E-state index is 0.0346. The molecule has 0 spiro atoms. The van der Waals surface area contributed by atoms with Crippen LogP contribution in [0.15, 0.2) is 18.5 Å². The van der Waals surface area contributed by atoms with Crippen LogP contribution < -0.4 is 10.6 Å². The van der Waals surface area contributed by atoms with Gasteiger partial charge in [0.05, 0.1) is 0 Å². The topological polar surface area (TPSA) is 54.0 Å². The number of nitrogens with one attached hydrogen (secondary N) is 2. The molecular weight excluding hydrogens is 178 g/mol. The van der Waals surface area contributed by atoms with E-state index in [1.54, 1.807) is 12.4 Å². The number of hydrogen-bond acceptors (Lipinski definition) is 3. The smallest absolute Gasteiger partial charge is 0.241 e. The third-order valence-corrected chi connectivity index (χ3v) is 2.43. The number of nitrogens with zero attached hydrogens (tertiary/aromatic N) is 1. The van der Waals surface area contributed by atoms with Crippen LogP contribution in [0.5, 0.6) is 0 Å². The SMILES string of the molecule is Cc1ccncc1C1NCCNC1=O. The Labute approximate surface area is 82.7 Å². The van der Waals surface area contributed by atoms with E-state index >= 15 is 0 Å². The van der Waals surface area contributed by atoms with Gasteiger partial charge in [0.15, 0.2) is 0 Å². The molecular formula is C10H13N3O. The Morgan fingerprint density at radius 1 is 1.50 bits per heavy atom. The molecule has 14 heavy (non-hydrogen) atoms. The molecule has 1 saturated heterocycles. The van der Waals surface area contributed by atoms with Crippen molar-refractivity contribution >= 4 is 5.91 Å². The highest BCUT2D eigenvalue weighted by Gasteiger charge is 2.24. The summed E-state index contributed by atoms with van der Waals surface area (Å²) in [5, 5.41) is 6.00. The van der Waals surface area contributed by atoms with Crippen molar-refractivity contribution in [2.24, 2.45) is 0 Å². The first-order valence-electron chi connectivity index (χ1n) is 4.70. The quantitative estimate of drug-likeness (QED) is 0.664. The predicted octanol–water partition coefficient (Wildman–Crippen LogP) is 0.151. The van der Waals surface area contributed by atoms with Gasteiger partial charge in [-0.1, -0.05) is 0 Å². The van der Waals surface area contributed by atoms with E-state index in [0.29, 0.717) is 6.54 Å². The van der Waals surface area contributed by atoms with Crippen LogP contribution in [0.4, 0.5) is 0 Å². The summed E-state index contributed by atoms with van der Waals surface area (Å²) < 4.78 is 0. The molecule has 0 saturated carbocycles. The molecule has 0 aliphatic carbocycles. The third kappa shape index (κ3) is 1.61. The second-order valence-electron chi connectivity index (χ2n) is 3.41. The van der Waals surface area contributed by atoms with Crippen LogP contribution in [0.3, 0.4) is 0 Å². The Morgan fingerprint density at radius 3 is 3.07 bits per heavy atom. The Balaban J connectivity index is 2.29. The molecule has 1 atom stereocenters. The van der Waals surface area contributed by atoms with Crippen LogP contribution in [0.25, 0.3) is 0 Å². The highest BCUT2D eigenvalue weighted by molar-refractivity contribution is 5.84. The molecule has 1 unspecified atom stereocenters. The van der Waals surface area contributed by atoms with Gasteiger partial charge in [-0.25, -0.2) is 0 Å². The van der Waals surface area contributed by atoms with Gasteiger partial charge in [0.2, 0.25) is 5.91 Å². The molecule has 1 aromatic rings. The van der Waals surface area contributed by atoms with Crippen LogP contribution in [0, 0.1) is 6.92 Å². The molecule has 1 fully saturated rings. The van der Waals surface area contributed by atoms with Crippen molar-refractivity contribution < 1.29 is 4.79 Å². The molecule has 1 aliphatic rings. The number of aryl methyl sites for hydroxylation is 1. The first-order valence-corrected chi connectivity index (χ1v) is 4.70. The predicted molar refractivity (Wildman–Crippen MR) is 52.7 cm³/mol. The van der Waals surface area contributed by atoms with E-state index in [-0.39, 0.29) is 11.9 Å². The van der Waals surface area contributed by atoms with Crippen LogP contribution in [-0.4, -0.2) is 24.0 Å². The van der Waals surface area contributed by atoms with E-state index in [4.69, 9.17) is 0 Å². The normalized spacial score (nSPS) is 21.8. The molecule has 2 N–H and O–H groups in total. The second kappa shape index (κ2) is 3.75. The van der Waals surface area contributed by atoms with Crippen molar-refractivity contribution in [1.29, 1.82) is 0 Å². The Hall–Kier alpha value is -1.42. The van der Waals surface area contributed by atoms with Crippen LogP contribution in [0.1, 0.15) is 17.2 Å². The van der Waals surface area contributed by atoms with Gasteiger partial charge in [0.1, 0.15) is 6.04 Å². The molecule has 4 heteroatoms. The fourth-order valence-electron chi connectivity index (χ4n) is 1.63. The third-order valence-electron chi connectivity index (χ3n) is 2.43. The van der Waals surface area contributed by atoms with Crippen molar-refractivity contribution in [2.45, 2.75) is 13.0 Å². The fraction of sp³-hybridized carbons (Fsp3) is 0.400. The van der Waals surface area contributed by atoms with E-state index in [2.05, 4.69) is 15.6 Å². The molecule has 0 aromatic carbocycles. The summed E-state index contributed by atoms with van der Waals surface area (Å²) in [5.41, 5.74) is 2.05. The molecule has 2 heterocycles. The summed E-state index contributed by atoms with van der Waals surface area (Å²) in [7, 11) is 0. The van der Waals surface area contributed by atoms with Crippen molar-refractivity contribution in [3.8, 4) is 0 Å². The summed E-state index contributed by atoms with van der Waals surface area (Å²) in [5.74, 6) is 0.0346. The fourth-order valence-corrected chi connectivity index (χ4v) is 1.63. The standard InChI is InChI=1S/C10H13N3O/c1-7-2-3-11-6-8(7)9-10(14)13-5-4-12-9/h2-3,6,9,12H,4-5H2,1H3,(H,13,14). The van der Waals surface area contributed by atoms with Crippen LogP contribution >= 0.6 is 0 Å². The summed E-state index contributed by atoms with van der Waals surface area (Å²) in [6, 6.07) is 1.68. The number of aromatic nitrogens is 1. The van der Waals surface area contributed by atoms with Crippen molar-refractivity contribution in [3.63, 3.8) is 0 Å². The monoisotopic (exact) mass is 191 g/mol. The minimum atomic E-state index is -0.238. The average Bonchev–Trinajstić information content (AvgIpc) is 2.20. The lowest BCUT2D eigenvalue weighted by Crippen LogP contribution is -2.47. The summed E-state index contributed by atoms with van der Waals surface area (Å²) in [6.45, 7) is 3.50. The van der Waals surface area contributed by atoms with E-state index in [9.17, 15) is 4.79 Å². The number of carbonyl (C=O) groups excluding carboxylic acids is 1. The zero-order chi connectivity index (χ0) is 9.97. The lowest BCUT2D eigenvalue weighted by atomic mass is 10.0. The van der Waals surface area contributed by atoms with Gasteiger partial charge >= 0.3 is 0 Å². The lowest BCUT2D eigenvalue weighted by Gasteiger charge is -2.24. The molecule has 0 radical (unpaired) electrons. The summed E-state index contributed by atoms with van der Waals surface area (Å²) in [4.78, 5) is 15.6. The van der Waals surface area contributed by atoms with Crippen molar-refractivity contribution in [3.05, 3.63) is 29.6 Å². The van der Waals surface area contributed by atoms with E-state index < -0.39 is 0 Å². The number of carbonyl (C=O) groups is 1. The second-order valence-corrected chi connectivity index (χ2v) is 3.41. The van der Waals surface area contributed by atoms with Gasteiger partial charge in [0.25, 0.3) is 0 Å². The highest BCUT2D eigenvalue weighted by atomic mass is 16.2. The highest BCUT2D eigenvalue weighted by Crippen LogP contribution is 2.17. The number of piperazine rings is 1. The minimum Gasteiger partial charge on any atom is -0.353 e. The van der Waals surface area contributed by atoms with Crippen LogP contribution in [0.2, 0.25) is 0 Å². The zero-order valence-electron chi connectivity index (χ0n) is 8.08. The number of pyridine rings is 1. The largest absolute Gasteiger partial charge is 0.353 e.